The molecule has 0 aliphatic rings. The van der Waals surface area contributed by atoms with E-state index in [0.29, 0.717) is 0 Å². The van der Waals surface area contributed by atoms with Crippen molar-refractivity contribution in [2.75, 3.05) is 13.1 Å². The molecule has 0 fully saturated rings. The van der Waals surface area contributed by atoms with Gasteiger partial charge in [-0.3, -0.25) is 0 Å². The third kappa shape index (κ3) is 9.37. The van der Waals surface area contributed by atoms with Gasteiger partial charge in [0.05, 0.1) is 6.54 Å². The Morgan fingerprint density at radius 2 is 2.06 bits per heavy atom. The van der Waals surface area contributed by atoms with Crippen LogP contribution >= 0.6 is 0 Å². The van der Waals surface area contributed by atoms with Gasteiger partial charge in [0, 0.05) is 17.9 Å². The highest BCUT2D eigenvalue weighted by atomic mass is 19.3. The van der Waals surface area contributed by atoms with Crippen molar-refractivity contribution in [3.63, 3.8) is 0 Å². The maximum absolute atomic E-state index is 12.9. The first-order valence-corrected chi connectivity index (χ1v) is 5.02. The molecule has 0 saturated carbocycles. The number of azide groups is 1. The molecule has 0 spiro atoms. The van der Waals surface area contributed by atoms with Crippen molar-refractivity contribution < 1.29 is 18.3 Å². The van der Waals surface area contributed by atoms with Gasteiger partial charge in [-0.25, -0.2) is 13.6 Å². The average Bonchev–Trinajstić information content (AvgIpc) is 2.11. The highest BCUT2D eigenvalue weighted by Crippen LogP contribution is 2.18. The van der Waals surface area contributed by atoms with Gasteiger partial charge in [0.15, 0.2) is 0 Å². The summed E-state index contributed by atoms with van der Waals surface area (Å²) in [5, 5.41) is 4.98. The molecule has 0 aliphatic heterocycles. The third-order valence-electron chi connectivity index (χ3n) is 1.52. The lowest BCUT2D eigenvalue weighted by molar-refractivity contribution is 0.00147. The van der Waals surface area contributed by atoms with Gasteiger partial charge >= 0.3 is 6.09 Å². The summed E-state index contributed by atoms with van der Waals surface area (Å²) in [6, 6.07) is 0. The number of alkyl halides is 2. The molecule has 0 unspecified atom stereocenters. The summed E-state index contributed by atoms with van der Waals surface area (Å²) in [4.78, 5) is 13.3. The molecule has 6 nitrogen and oxygen atoms in total. The van der Waals surface area contributed by atoms with Gasteiger partial charge in [0.2, 0.25) is 0 Å². The van der Waals surface area contributed by atoms with Crippen LogP contribution in [0.5, 0.6) is 0 Å². The Morgan fingerprint density at radius 3 is 2.53 bits per heavy atom. The number of amides is 1. The predicted molar refractivity (Wildman–Crippen MR) is 57.8 cm³/mol. The van der Waals surface area contributed by atoms with Crippen molar-refractivity contribution in [3.05, 3.63) is 10.4 Å². The monoisotopic (exact) mass is 250 g/mol. The van der Waals surface area contributed by atoms with Gasteiger partial charge < -0.3 is 10.1 Å². The van der Waals surface area contributed by atoms with Gasteiger partial charge in [-0.05, 0) is 26.3 Å². The van der Waals surface area contributed by atoms with E-state index in [1.165, 1.54) is 0 Å². The van der Waals surface area contributed by atoms with Crippen molar-refractivity contribution in [1.82, 2.24) is 5.32 Å². The second kappa shape index (κ2) is 6.24. The smallest absolute Gasteiger partial charge is 0.407 e. The van der Waals surface area contributed by atoms with Crippen LogP contribution in [0.15, 0.2) is 5.11 Å². The van der Waals surface area contributed by atoms with E-state index in [1.54, 1.807) is 20.8 Å². The fourth-order valence-corrected chi connectivity index (χ4v) is 0.876. The highest BCUT2D eigenvalue weighted by Gasteiger charge is 2.27. The lowest BCUT2D eigenvalue weighted by Gasteiger charge is -2.20. The Balaban J connectivity index is 3.90. The third-order valence-corrected chi connectivity index (χ3v) is 1.52. The number of alkyl carbamates (subject to hydrolysis) is 1. The van der Waals surface area contributed by atoms with Gasteiger partial charge in [-0.1, -0.05) is 5.11 Å². The fourth-order valence-electron chi connectivity index (χ4n) is 0.876. The zero-order valence-corrected chi connectivity index (χ0v) is 10.0. The molecule has 0 aromatic heterocycles. The first-order valence-electron chi connectivity index (χ1n) is 5.02. The molecule has 0 radical (unpaired) electrons. The minimum atomic E-state index is -3.12. The molecular formula is C9H16F2N4O2. The second-order valence-corrected chi connectivity index (χ2v) is 4.42. The minimum absolute atomic E-state index is 0.247. The number of ether oxygens (including phenoxy) is 1. The van der Waals surface area contributed by atoms with Crippen LogP contribution in [0.25, 0.3) is 10.4 Å². The molecule has 1 N–H and O–H groups in total. The van der Waals surface area contributed by atoms with Crippen molar-refractivity contribution in [2.45, 2.75) is 38.7 Å². The number of halogens is 2. The summed E-state index contributed by atoms with van der Waals surface area (Å²) in [6.07, 6.45) is -1.36. The average molecular weight is 250 g/mol. The predicted octanol–water partition coefficient (Wildman–Crippen LogP) is 2.85. The molecule has 0 bridgehead atoms. The largest absolute Gasteiger partial charge is 0.444 e. The van der Waals surface area contributed by atoms with E-state index in [9.17, 15) is 13.6 Å². The topological polar surface area (TPSA) is 87.1 Å². The number of rotatable bonds is 5. The van der Waals surface area contributed by atoms with Crippen molar-refractivity contribution in [3.8, 4) is 0 Å². The Labute approximate surface area is 97.9 Å². The van der Waals surface area contributed by atoms with E-state index < -0.39 is 30.6 Å². The first kappa shape index (κ1) is 15.4. The Morgan fingerprint density at radius 1 is 1.47 bits per heavy atom. The summed E-state index contributed by atoms with van der Waals surface area (Å²) < 4.78 is 30.7. The molecule has 0 aromatic carbocycles. The molecule has 0 aromatic rings. The van der Waals surface area contributed by atoms with Crippen LogP contribution in [0.4, 0.5) is 13.6 Å². The first-order chi connectivity index (χ1) is 7.66. The molecule has 17 heavy (non-hydrogen) atoms. The molecule has 8 heteroatoms. The summed E-state index contributed by atoms with van der Waals surface area (Å²) in [5.74, 6) is -3.12. The number of hydrogen-bond acceptors (Lipinski definition) is 3. The molecule has 98 valence electrons. The zero-order chi connectivity index (χ0) is 13.5. The number of nitrogens with zero attached hydrogens (tertiary/aromatic N) is 3. The van der Waals surface area contributed by atoms with E-state index in [2.05, 4.69) is 15.3 Å². The summed E-state index contributed by atoms with van der Waals surface area (Å²) in [7, 11) is 0. The van der Waals surface area contributed by atoms with Crippen LogP contribution < -0.4 is 5.32 Å². The van der Waals surface area contributed by atoms with Gasteiger partial charge in [-0.15, -0.1) is 0 Å². The molecule has 1 amide bonds. The normalized spacial score (nSPS) is 11.6. The summed E-state index contributed by atoms with van der Waals surface area (Å²) >= 11 is 0. The van der Waals surface area contributed by atoms with E-state index in [-0.39, 0.29) is 6.54 Å². The summed E-state index contributed by atoms with van der Waals surface area (Å²) in [6.45, 7) is 3.84. The van der Waals surface area contributed by atoms with Crippen molar-refractivity contribution in [1.29, 1.82) is 0 Å². The maximum Gasteiger partial charge on any atom is 0.407 e. The van der Waals surface area contributed by atoms with Crippen LogP contribution in [-0.4, -0.2) is 30.7 Å². The number of carbonyl (C=O) groups is 1. The molecule has 0 atom stereocenters. The lowest BCUT2D eigenvalue weighted by Crippen LogP contribution is -2.35. The van der Waals surface area contributed by atoms with E-state index in [4.69, 9.17) is 10.3 Å². The van der Waals surface area contributed by atoms with Crippen LogP contribution in [0.3, 0.4) is 0 Å². The SMILES string of the molecule is CC(C)(C)OC(=O)NCCC(F)(F)CN=[N+]=[N-]. The number of carbonyl (C=O) groups excluding carboxylic acids is 1. The fraction of sp³-hybridized carbons (Fsp3) is 0.889. The standard InChI is InChI=1S/C9H16F2N4O2/c1-8(2,3)17-7(16)13-5-4-9(10,11)6-14-15-12/h4-6H2,1-3H3,(H,13,16). The van der Waals surface area contributed by atoms with Gasteiger partial charge in [-0.2, -0.15) is 0 Å². The number of hydrogen-bond donors (Lipinski definition) is 1. The molecule has 0 rings (SSSR count). The molecule has 0 aliphatic carbocycles. The maximum atomic E-state index is 12.9. The van der Waals surface area contributed by atoms with E-state index in [0.717, 1.165) is 0 Å². The van der Waals surface area contributed by atoms with E-state index >= 15 is 0 Å². The van der Waals surface area contributed by atoms with E-state index in [1.807, 2.05) is 0 Å². The van der Waals surface area contributed by atoms with Crippen LogP contribution in [-0.2, 0) is 4.74 Å². The van der Waals surface area contributed by atoms with Gasteiger partial charge in [0.25, 0.3) is 5.92 Å². The molecular weight excluding hydrogens is 234 g/mol. The van der Waals surface area contributed by atoms with Crippen LogP contribution in [0.2, 0.25) is 0 Å². The number of nitrogens with one attached hydrogen (secondary N) is 1. The van der Waals surface area contributed by atoms with Crippen LogP contribution in [0.1, 0.15) is 27.2 Å². The Hall–Kier alpha value is -1.56. The molecule has 0 heterocycles. The van der Waals surface area contributed by atoms with Gasteiger partial charge in [0.1, 0.15) is 5.60 Å². The second-order valence-electron chi connectivity index (χ2n) is 4.42. The van der Waals surface area contributed by atoms with Crippen molar-refractivity contribution in [2.24, 2.45) is 5.11 Å². The summed E-state index contributed by atoms with van der Waals surface area (Å²) in [5.41, 5.74) is 7.24. The van der Waals surface area contributed by atoms with Crippen molar-refractivity contribution >= 4 is 6.09 Å². The Bertz CT molecular complexity index is 309. The minimum Gasteiger partial charge on any atom is -0.444 e. The Kier molecular flexibility index (Phi) is 5.67. The highest BCUT2D eigenvalue weighted by molar-refractivity contribution is 5.67. The molecule has 0 saturated heterocycles. The van der Waals surface area contributed by atoms with Crippen LogP contribution in [0, 0.1) is 0 Å². The quantitative estimate of drug-likeness (QED) is 0.462. The zero-order valence-electron chi connectivity index (χ0n) is 10.0. The lowest BCUT2D eigenvalue weighted by atomic mass is 10.2.